The van der Waals surface area contributed by atoms with Crippen LogP contribution in [0.2, 0.25) is 0 Å². The number of allylic oxidation sites excluding steroid dienone is 7. The van der Waals surface area contributed by atoms with Crippen LogP contribution in [0.5, 0.6) is 0 Å². The van der Waals surface area contributed by atoms with Gasteiger partial charge in [-0.05, 0) is 75.4 Å². The van der Waals surface area contributed by atoms with Crippen LogP contribution in [-0.2, 0) is 4.79 Å². The van der Waals surface area contributed by atoms with Gasteiger partial charge >= 0.3 is 0 Å². The average molecular weight is 468 g/mol. The van der Waals surface area contributed by atoms with E-state index in [-0.39, 0.29) is 5.41 Å². The Morgan fingerprint density at radius 3 is 2.64 bits per heavy atom. The lowest BCUT2D eigenvalue weighted by Crippen LogP contribution is -2.39. The molecule has 5 heteroatoms. The number of carbonyl (C=O) groups is 1. The van der Waals surface area contributed by atoms with Crippen LogP contribution in [0, 0.1) is 23.2 Å². The lowest BCUT2D eigenvalue weighted by atomic mass is 9.67. The van der Waals surface area contributed by atoms with E-state index in [2.05, 4.69) is 35.9 Å². The lowest BCUT2D eigenvalue weighted by molar-refractivity contribution is -0.104. The molecular formula is C28H38ClN3O. The average Bonchev–Trinajstić information content (AvgIpc) is 3.07. The van der Waals surface area contributed by atoms with Gasteiger partial charge in [0.2, 0.25) is 0 Å². The van der Waals surface area contributed by atoms with Crippen molar-refractivity contribution in [2.24, 2.45) is 28.2 Å². The number of hydrogen-bond acceptors (Lipinski definition) is 3. The van der Waals surface area contributed by atoms with Gasteiger partial charge in [-0.2, -0.15) is 0 Å². The summed E-state index contributed by atoms with van der Waals surface area (Å²) in [4.78, 5) is 22.1. The Hall–Kier alpha value is -1.65. The third-order valence-electron chi connectivity index (χ3n) is 8.76. The molecule has 3 atom stereocenters. The highest BCUT2D eigenvalue weighted by molar-refractivity contribution is 6.34. The number of piperidine rings is 1. The summed E-state index contributed by atoms with van der Waals surface area (Å²) in [7, 11) is 4.20. The summed E-state index contributed by atoms with van der Waals surface area (Å²) >= 11 is 6.63. The molecule has 2 aliphatic heterocycles. The Morgan fingerprint density at radius 1 is 1.15 bits per heavy atom. The van der Waals surface area contributed by atoms with E-state index < -0.39 is 0 Å². The van der Waals surface area contributed by atoms with Crippen LogP contribution in [-0.4, -0.2) is 49.1 Å². The first-order valence-electron chi connectivity index (χ1n) is 12.9. The van der Waals surface area contributed by atoms with Crippen LogP contribution < -0.4 is 0 Å². The molecular weight excluding hydrogens is 430 g/mol. The second-order valence-electron chi connectivity index (χ2n) is 11.0. The van der Waals surface area contributed by atoms with Crippen molar-refractivity contribution in [2.75, 3.05) is 27.2 Å². The van der Waals surface area contributed by atoms with Crippen molar-refractivity contribution in [1.82, 2.24) is 9.80 Å². The van der Waals surface area contributed by atoms with Crippen LogP contribution in [0.1, 0.15) is 64.7 Å². The summed E-state index contributed by atoms with van der Waals surface area (Å²) in [5.41, 5.74) is 4.57. The van der Waals surface area contributed by atoms with E-state index in [4.69, 9.17) is 16.6 Å². The van der Waals surface area contributed by atoms with Gasteiger partial charge in [-0.3, -0.25) is 9.79 Å². The van der Waals surface area contributed by atoms with Gasteiger partial charge in [0.05, 0.1) is 11.0 Å². The van der Waals surface area contributed by atoms with Crippen LogP contribution in [0.3, 0.4) is 0 Å². The second-order valence-corrected chi connectivity index (χ2v) is 11.4. The summed E-state index contributed by atoms with van der Waals surface area (Å²) in [5.74, 6) is 2.70. The first-order chi connectivity index (χ1) is 16.0. The van der Waals surface area contributed by atoms with E-state index in [0.29, 0.717) is 28.4 Å². The van der Waals surface area contributed by atoms with Gasteiger partial charge < -0.3 is 9.80 Å². The normalized spacial score (nSPS) is 33.7. The number of amidine groups is 1. The van der Waals surface area contributed by atoms with Crippen LogP contribution in [0.4, 0.5) is 0 Å². The number of rotatable bonds is 3. The second kappa shape index (κ2) is 9.19. The van der Waals surface area contributed by atoms with Gasteiger partial charge in [0.25, 0.3) is 0 Å². The lowest BCUT2D eigenvalue weighted by Gasteiger charge is -2.38. The highest BCUT2D eigenvalue weighted by Gasteiger charge is 2.52. The Balaban J connectivity index is 1.60. The van der Waals surface area contributed by atoms with Gasteiger partial charge in [0, 0.05) is 30.0 Å². The fourth-order valence-corrected chi connectivity index (χ4v) is 7.62. The van der Waals surface area contributed by atoms with E-state index in [1.54, 1.807) is 0 Å². The highest BCUT2D eigenvalue weighted by Crippen LogP contribution is 2.56. The number of hydrogen-bond donors (Lipinski definition) is 0. The zero-order valence-electron chi connectivity index (χ0n) is 20.4. The molecule has 2 fully saturated rings. The largest absolute Gasteiger partial charge is 0.306 e. The predicted octanol–water partition coefficient (Wildman–Crippen LogP) is 6.07. The zero-order chi connectivity index (χ0) is 23.2. The quantitative estimate of drug-likeness (QED) is 0.472. The minimum atomic E-state index is -0.00890. The summed E-state index contributed by atoms with van der Waals surface area (Å²) < 4.78 is 0. The first kappa shape index (κ1) is 23.1. The number of carbonyl (C=O) groups excluding carboxylic acids is 1. The van der Waals surface area contributed by atoms with E-state index in [9.17, 15) is 4.79 Å². The SMILES string of the molecule is CN=C1N(C2=C(C=O)C(Cl)=CC(C)C2)C2=C(C=CC(C3CCCN(C)C3)C2)C12CCCCC2. The fraction of sp³-hybridized carbons (Fsp3) is 0.643. The molecule has 5 rings (SSSR count). The third kappa shape index (κ3) is 3.87. The molecule has 3 aliphatic carbocycles. The van der Waals surface area contributed by atoms with E-state index in [1.165, 1.54) is 56.5 Å². The number of fused-ring (bicyclic) bond motifs is 1. The smallest absolute Gasteiger partial charge is 0.153 e. The van der Waals surface area contributed by atoms with Gasteiger partial charge in [-0.1, -0.05) is 56.0 Å². The number of aliphatic imine (C=N–C) groups is 1. The summed E-state index contributed by atoms with van der Waals surface area (Å²) in [5, 5.41) is 0.595. The predicted molar refractivity (Wildman–Crippen MR) is 136 cm³/mol. The molecule has 0 aromatic heterocycles. The topological polar surface area (TPSA) is 35.9 Å². The number of nitrogens with zero attached hydrogens (tertiary/aromatic N) is 3. The highest BCUT2D eigenvalue weighted by atomic mass is 35.5. The van der Waals surface area contributed by atoms with E-state index in [0.717, 1.165) is 43.5 Å². The van der Waals surface area contributed by atoms with Crippen LogP contribution >= 0.6 is 11.6 Å². The van der Waals surface area contributed by atoms with Crippen molar-refractivity contribution in [2.45, 2.75) is 64.7 Å². The number of likely N-dealkylation sites (tertiary alicyclic amines) is 1. The summed E-state index contributed by atoms with van der Waals surface area (Å²) in [6.07, 6.45) is 18.5. The van der Waals surface area contributed by atoms with Crippen molar-refractivity contribution in [3.05, 3.63) is 45.8 Å². The van der Waals surface area contributed by atoms with E-state index in [1.807, 2.05) is 13.1 Å². The molecule has 4 nitrogen and oxygen atoms in total. The Morgan fingerprint density at radius 2 is 1.94 bits per heavy atom. The minimum Gasteiger partial charge on any atom is -0.306 e. The van der Waals surface area contributed by atoms with Gasteiger partial charge in [0.1, 0.15) is 5.84 Å². The maximum atomic E-state index is 12.2. The summed E-state index contributed by atoms with van der Waals surface area (Å²) in [6.45, 7) is 4.57. The minimum absolute atomic E-state index is 0.00890. The maximum Gasteiger partial charge on any atom is 0.153 e. The van der Waals surface area contributed by atoms with Gasteiger partial charge in [-0.15, -0.1) is 0 Å². The van der Waals surface area contributed by atoms with Crippen LogP contribution in [0.25, 0.3) is 0 Å². The van der Waals surface area contributed by atoms with Crippen molar-refractivity contribution in [1.29, 1.82) is 0 Å². The van der Waals surface area contributed by atoms with Crippen molar-refractivity contribution in [3.8, 4) is 0 Å². The number of aldehydes is 1. The van der Waals surface area contributed by atoms with E-state index >= 15 is 0 Å². The van der Waals surface area contributed by atoms with Gasteiger partial charge in [-0.25, -0.2) is 0 Å². The molecule has 1 spiro atoms. The zero-order valence-corrected chi connectivity index (χ0v) is 21.2. The Labute approximate surface area is 204 Å². The monoisotopic (exact) mass is 467 g/mol. The molecule has 1 saturated heterocycles. The molecule has 0 radical (unpaired) electrons. The first-order valence-corrected chi connectivity index (χ1v) is 13.3. The van der Waals surface area contributed by atoms with Crippen molar-refractivity contribution < 1.29 is 4.79 Å². The molecule has 0 bridgehead atoms. The fourth-order valence-electron chi connectivity index (χ4n) is 7.25. The Kier molecular flexibility index (Phi) is 6.43. The van der Waals surface area contributed by atoms with Crippen molar-refractivity contribution in [3.63, 3.8) is 0 Å². The summed E-state index contributed by atoms with van der Waals surface area (Å²) in [6, 6.07) is 0. The number of halogens is 1. The third-order valence-corrected chi connectivity index (χ3v) is 9.09. The Bertz CT molecular complexity index is 966. The standard InChI is InChI=1S/C28H38ClN3O/c1-19-14-24(29)22(18-33)25(15-19)32-26-16-20(21-8-7-13-31(3)17-21)9-10-23(26)28(27(32)30-2)11-5-4-6-12-28/h9-10,14,18-21H,4-8,11-13,15-17H2,1-3H3. The molecule has 178 valence electrons. The molecule has 2 heterocycles. The molecule has 0 amide bonds. The molecule has 5 aliphatic rings. The van der Waals surface area contributed by atoms with Gasteiger partial charge in [0.15, 0.2) is 6.29 Å². The molecule has 33 heavy (non-hydrogen) atoms. The molecule has 1 saturated carbocycles. The molecule has 3 unspecified atom stereocenters. The van der Waals surface area contributed by atoms with Crippen molar-refractivity contribution >= 4 is 23.7 Å². The van der Waals surface area contributed by atoms with Crippen LogP contribution in [0.15, 0.2) is 50.8 Å². The molecule has 0 N–H and O–H groups in total. The maximum absolute atomic E-state index is 12.2. The molecule has 0 aromatic carbocycles. The molecule has 0 aromatic rings.